The molecule has 0 bridgehead atoms. The number of amides is 1. The summed E-state index contributed by atoms with van der Waals surface area (Å²) >= 11 is 0. The smallest absolute Gasteiger partial charge is 0.416 e. The van der Waals surface area contributed by atoms with E-state index in [4.69, 9.17) is 4.74 Å². The van der Waals surface area contributed by atoms with E-state index in [2.05, 4.69) is 17.0 Å². The van der Waals surface area contributed by atoms with Crippen molar-refractivity contribution in [3.8, 4) is 16.9 Å². The number of nitrogens with one attached hydrogen (secondary N) is 1. The van der Waals surface area contributed by atoms with Gasteiger partial charge in [0.25, 0.3) is 5.91 Å². The number of hydrogen-bond acceptors (Lipinski definition) is 4. The lowest BCUT2D eigenvalue weighted by Crippen LogP contribution is -2.26. The van der Waals surface area contributed by atoms with Crippen molar-refractivity contribution in [2.75, 3.05) is 20.8 Å². The van der Waals surface area contributed by atoms with Gasteiger partial charge in [-0.25, -0.2) is 0 Å². The van der Waals surface area contributed by atoms with Gasteiger partial charge in [0.15, 0.2) is 0 Å². The van der Waals surface area contributed by atoms with E-state index < -0.39 is 17.7 Å². The molecule has 3 aromatic rings. The molecule has 8 heteroatoms. The first-order chi connectivity index (χ1) is 19.2. The van der Waals surface area contributed by atoms with Crippen molar-refractivity contribution in [2.24, 2.45) is 0 Å². The number of carbonyl (C=O) groups excluding carboxylic acids is 2. The lowest BCUT2D eigenvalue weighted by atomic mass is 9.85. The lowest BCUT2D eigenvalue weighted by molar-refractivity contribution is -0.140. The molecule has 1 N–H and O–H groups in total. The van der Waals surface area contributed by atoms with Crippen molar-refractivity contribution in [1.82, 2.24) is 5.32 Å². The van der Waals surface area contributed by atoms with Gasteiger partial charge in [0.05, 0.1) is 26.2 Å². The fourth-order valence-corrected chi connectivity index (χ4v) is 4.66. The normalized spacial score (nSPS) is 12.1. The van der Waals surface area contributed by atoms with Gasteiger partial charge in [0, 0.05) is 23.6 Å². The van der Waals surface area contributed by atoms with Crippen molar-refractivity contribution in [3.05, 3.63) is 89.0 Å². The number of rotatable bonds is 13. The molecule has 0 aliphatic carbocycles. The van der Waals surface area contributed by atoms with Gasteiger partial charge in [-0.05, 0) is 59.5 Å². The molecule has 0 aliphatic heterocycles. The lowest BCUT2D eigenvalue weighted by Gasteiger charge is -2.21. The van der Waals surface area contributed by atoms with Gasteiger partial charge >= 0.3 is 12.1 Å². The Balaban J connectivity index is 1.90. The van der Waals surface area contributed by atoms with Gasteiger partial charge in [-0.15, -0.1) is 0 Å². The van der Waals surface area contributed by atoms with Crippen LogP contribution >= 0.6 is 0 Å². The first kappa shape index (κ1) is 30.7. The van der Waals surface area contributed by atoms with Crippen LogP contribution in [0.2, 0.25) is 0 Å². The maximum Gasteiger partial charge on any atom is 0.416 e. The SMILES string of the molecule is CCCCCCC(c1ccc(C(=O)NCCC(=O)OC)cc1)c1ccc(OC)c(-c2ccc(C(F)(F)F)cc2)c1. The van der Waals surface area contributed by atoms with Gasteiger partial charge in [-0.2, -0.15) is 13.2 Å². The largest absolute Gasteiger partial charge is 0.496 e. The maximum atomic E-state index is 13.1. The van der Waals surface area contributed by atoms with Gasteiger partial charge < -0.3 is 14.8 Å². The van der Waals surface area contributed by atoms with Gasteiger partial charge in [-0.1, -0.05) is 62.9 Å². The summed E-state index contributed by atoms with van der Waals surface area (Å²) in [5.74, 6) is -0.0692. The highest BCUT2D eigenvalue weighted by atomic mass is 19.4. The minimum Gasteiger partial charge on any atom is -0.496 e. The number of methoxy groups -OCH3 is 2. The zero-order chi connectivity index (χ0) is 29.1. The molecule has 1 amide bonds. The maximum absolute atomic E-state index is 13.1. The average Bonchev–Trinajstić information content (AvgIpc) is 2.96. The Hall–Kier alpha value is -3.81. The van der Waals surface area contributed by atoms with E-state index in [1.807, 2.05) is 30.3 Å². The molecular weight excluding hydrogens is 519 g/mol. The summed E-state index contributed by atoms with van der Waals surface area (Å²) in [7, 11) is 2.84. The number of ether oxygens (including phenoxy) is 2. The van der Waals surface area contributed by atoms with Crippen LogP contribution in [0.5, 0.6) is 5.75 Å². The Morgan fingerprint density at radius 2 is 1.55 bits per heavy atom. The van der Waals surface area contributed by atoms with Crippen LogP contribution in [-0.2, 0) is 15.7 Å². The van der Waals surface area contributed by atoms with Crippen molar-refractivity contribution >= 4 is 11.9 Å². The third kappa shape index (κ3) is 8.34. The second-order valence-corrected chi connectivity index (χ2v) is 9.64. The Bertz CT molecular complexity index is 1250. The summed E-state index contributed by atoms with van der Waals surface area (Å²) in [6.07, 6.45) is 0.925. The molecule has 40 heavy (non-hydrogen) atoms. The second kappa shape index (κ2) is 14.5. The fraction of sp³-hybridized carbons (Fsp3) is 0.375. The second-order valence-electron chi connectivity index (χ2n) is 9.64. The topological polar surface area (TPSA) is 64.6 Å². The van der Waals surface area contributed by atoms with E-state index in [0.29, 0.717) is 22.4 Å². The Labute approximate surface area is 233 Å². The summed E-state index contributed by atoms with van der Waals surface area (Å²) in [5, 5.41) is 2.72. The minimum atomic E-state index is -4.40. The van der Waals surface area contributed by atoms with Crippen molar-refractivity contribution < 1.29 is 32.2 Å². The molecule has 0 fully saturated rings. The van der Waals surface area contributed by atoms with E-state index >= 15 is 0 Å². The molecule has 0 aromatic heterocycles. The molecule has 0 spiro atoms. The predicted molar refractivity (Wildman–Crippen MR) is 149 cm³/mol. The molecule has 0 radical (unpaired) electrons. The first-order valence-corrected chi connectivity index (χ1v) is 13.5. The third-order valence-corrected chi connectivity index (χ3v) is 6.91. The van der Waals surface area contributed by atoms with E-state index in [0.717, 1.165) is 55.4 Å². The zero-order valence-electron chi connectivity index (χ0n) is 23.1. The van der Waals surface area contributed by atoms with Crippen molar-refractivity contribution in [3.63, 3.8) is 0 Å². The van der Waals surface area contributed by atoms with E-state index in [1.54, 1.807) is 19.2 Å². The average molecular weight is 556 g/mol. The minimum absolute atomic E-state index is 0.0207. The Kier molecular flexibility index (Phi) is 11.2. The van der Waals surface area contributed by atoms with E-state index in [1.165, 1.54) is 19.2 Å². The third-order valence-electron chi connectivity index (χ3n) is 6.91. The van der Waals surface area contributed by atoms with Crippen LogP contribution in [0.15, 0.2) is 66.7 Å². The van der Waals surface area contributed by atoms with E-state index in [9.17, 15) is 22.8 Å². The van der Waals surface area contributed by atoms with Crippen LogP contribution in [0.4, 0.5) is 13.2 Å². The molecule has 1 atom stereocenters. The number of unbranched alkanes of at least 4 members (excludes halogenated alkanes) is 3. The molecule has 0 heterocycles. The van der Waals surface area contributed by atoms with Gasteiger partial charge in [0.1, 0.15) is 5.75 Å². The summed E-state index contributed by atoms with van der Waals surface area (Å²) < 4.78 is 49.5. The fourth-order valence-electron chi connectivity index (χ4n) is 4.66. The Morgan fingerprint density at radius 3 is 2.15 bits per heavy atom. The number of alkyl halides is 3. The highest BCUT2D eigenvalue weighted by Gasteiger charge is 2.30. The number of carbonyl (C=O) groups is 2. The first-order valence-electron chi connectivity index (χ1n) is 13.5. The van der Waals surface area contributed by atoms with Gasteiger partial charge in [0.2, 0.25) is 0 Å². The highest BCUT2D eigenvalue weighted by molar-refractivity contribution is 5.94. The number of halogens is 3. The quantitative estimate of drug-likeness (QED) is 0.173. The monoisotopic (exact) mass is 555 g/mol. The molecule has 214 valence electrons. The number of esters is 1. The van der Waals surface area contributed by atoms with E-state index in [-0.39, 0.29) is 24.8 Å². The summed E-state index contributed by atoms with van der Waals surface area (Å²) in [4.78, 5) is 23.8. The zero-order valence-corrected chi connectivity index (χ0v) is 23.1. The van der Waals surface area contributed by atoms with Crippen LogP contribution in [0.1, 0.15) is 78.4 Å². The van der Waals surface area contributed by atoms with Crippen LogP contribution < -0.4 is 10.1 Å². The summed E-state index contributed by atoms with van der Waals surface area (Å²) in [6.45, 7) is 2.35. The standard InChI is InChI=1S/C32H36F3NO4/c1-4-5-6-7-8-27(22-9-11-24(12-10-22)31(38)36-20-19-30(37)40-3)25-15-18-29(39-2)28(21-25)23-13-16-26(17-14-23)32(33,34)35/h9-18,21,27H,4-8,19-20H2,1-3H3,(H,36,38). The molecular formula is C32H36F3NO4. The molecule has 0 saturated heterocycles. The highest BCUT2D eigenvalue weighted by Crippen LogP contribution is 2.38. The summed E-state index contributed by atoms with van der Waals surface area (Å²) in [5.41, 5.74) is 3.19. The van der Waals surface area contributed by atoms with Crippen molar-refractivity contribution in [2.45, 2.75) is 57.5 Å². The summed E-state index contributed by atoms with van der Waals surface area (Å²) in [6, 6.07) is 18.3. The van der Waals surface area contributed by atoms with Crippen LogP contribution in [0, 0.1) is 0 Å². The Morgan fingerprint density at radius 1 is 0.875 bits per heavy atom. The molecule has 1 unspecified atom stereocenters. The molecule has 3 rings (SSSR count). The molecule has 0 aliphatic rings. The van der Waals surface area contributed by atoms with Gasteiger partial charge in [-0.3, -0.25) is 9.59 Å². The molecule has 5 nitrogen and oxygen atoms in total. The predicted octanol–water partition coefficient (Wildman–Crippen LogP) is 7.78. The van der Waals surface area contributed by atoms with Crippen LogP contribution in [0.25, 0.3) is 11.1 Å². The molecule has 3 aromatic carbocycles. The van der Waals surface area contributed by atoms with Crippen LogP contribution in [-0.4, -0.2) is 32.6 Å². The van der Waals surface area contributed by atoms with Crippen molar-refractivity contribution in [1.29, 1.82) is 0 Å². The van der Waals surface area contributed by atoms with Crippen LogP contribution in [0.3, 0.4) is 0 Å². The number of hydrogen-bond donors (Lipinski definition) is 1. The number of benzene rings is 3. The molecule has 0 saturated carbocycles.